The van der Waals surface area contributed by atoms with Crippen LogP contribution in [0.1, 0.15) is 50.8 Å². The van der Waals surface area contributed by atoms with Gasteiger partial charge in [-0.15, -0.1) is 0 Å². The van der Waals surface area contributed by atoms with Crippen LogP contribution in [0.4, 0.5) is 0 Å². The lowest BCUT2D eigenvalue weighted by Crippen LogP contribution is -2.33. The van der Waals surface area contributed by atoms with Gasteiger partial charge >= 0.3 is 0 Å². The van der Waals surface area contributed by atoms with E-state index in [9.17, 15) is 5.11 Å². The SMILES string of the molecule is C[C@H](O)CC(C)(C)CN[C@@H]1CCc2cc(Br)ccc21. The second kappa shape index (κ2) is 5.94. The van der Waals surface area contributed by atoms with Gasteiger partial charge in [0.1, 0.15) is 0 Å². The molecule has 0 amide bonds. The van der Waals surface area contributed by atoms with Crippen molar-refractivity contribution in [3.63, 3.8) is 0 Å². The van der Waals surface area contributed by atoms with E-state index in [0.717, 1.165) is 19.4 Å². The van der Waals surface area contributed by atoms with E-state index < -0.39 is 0 Å². The van der Waals surface area contributed by atoms with Crippen LogP contribution in [-0.4, -0.2) is 17.8 Å². The Morgan fingerprint density at radius 1 is 1.47 bits per heavy atom. The highest BCUT2D eigenvalue weighted by atomic mass is 79.9. The van der Waals surface area contributed by atoms with Crippen LogP contribution in [0.25, 0.3) is 0 Å². The maximum absolute atomic E-state index is 9.54. The fourth-order valence-corrected chi connectivity index (χ4v) is 3.48. The maximum atomic E-state index is 9.54. The number of hydrogen-bond donors (Lipinski definition) is 2. The molecule has 1 aliphatic rings. The molecule has 0 aliphatic heterocycles. The van der Waals surface area contributed by atoms with Crippen LogP contribution >= 0.6 is 15.9 Å². The molecule has 2 nitrogen and oxygen atoms in total. The summed E-state index contributed by atoms with van der Waals surface area (Å²) in [5, 5.41) is 13.2. The summed E-state index contributed by atoms with van der Waals surface area (Å²) in [5.74, 6) is 0. The fraction of sp³-hybridized carbons (Fsp3) is 0.625. The summed E-state index contributed by atoms with van der Waals surface area (Å²) in [7, 11) is 0. The van der Waals surface area contributed by atoms with E-state index >= 15 is 0 Å². The van der Waals surface area contributed by atoms with Gasteiger partial charge in [-0.3, -0.25) is 0 Å². The number of nitrogens with one attached hydrogen (secondary N) is 1. The number of halogens is 1. The number of aliphatic hydroxyl groups is 1. The summed E-state index contributed by atoms with van der Waals surface area (Å²) in [6.07, 6.45) is 2.93. The lowest BCUT2D eigenvalue weighted by molar-refractivity contribution is 0.126. The van der Waals surface area contributed by atoms with Crippen molar-refractivity contribution in [3.05, 3.63) is 33.8 Å². The van der Waals surface area contributed by atoms with Gasteiger partial charge in [-0.25, -0.2) is 0 Å². The average molecular weight is 326 g/mol. The highest BCUT2D eigenvalue weighted by Crippen LogP contribution is 2.34. The van der Waals surface area contributed by atoms with Gasteiger partial charge in [-0.05, 0) is 54.9 Å². The first-order chi connectivity index (χ1) is 8.87. The summed E-state index contributed by atoms with van der Waals surface area (Å²) in [6.45, 7) is 7.23. The third-order valence-corrected chi connectivity index (χ3v) is 4.35. The third kappa shape index (κ3) is 4.04. The molecule has 19 heavy (non-hydrogen) atoms. The molecule has 1 aromatic rings. The van der Waals surface area contributed by atoms with E-state index in [1.165, 1.54) is 22.0 Å². The lowest BCUT2D eigenvalue weighted by atomic mass is 9.86. The number of benzene rings is 1. The minimum atomic E-state index is -0.233. The lowest BCUT2D eigenvalue weighted by Gasteiger charge is -2.28. The number of fused-ring (bicyclic) bond motifs is 1. The molecule has 0 aromatic heterocycles. The van der Waals surface area contributed by atoms with Crippen LogP contribution in [0, 0.1) is 5.41 Å². The van der Waals surface area contributed by atoms with E-state index in [-0.39, 0.29) is 11.5 Å². The van der Waals surface area contributed by atoms with Crippen molar-refractivity contribution in [2.24, 2.45) is 5.41 Å². The zero-order valence-corrected chi connectivity index (χ0v) is 13.6. The summed E-state index contributed by atoms with van der Waals surface area (Å²) in [6, 6.07) is 7.06. The number of aliphatic hydroxyl groups excluding tert-OH is 1. The summed E-state index contributed by atoms with van der Waals surface area (Å²) in [5.41, 5.74) is 3.03. The standard InChI is InChI=1S/C16H24BrNO/c1-11(19)9-16(2,3)10-18-15-7-4-12-8-13(17)5-6-14(12)15/h5-6,8,11,15,18-19H,4,7,9-10H2,1-3H3/t11-,15+/m0/s1. The molecule has 0 fully saturated rings. The molecule has 2 rings (SSSR count). The van der Waals surface area contributed by atoms with Crippen LogP contribution in [0.2, 0.25) is 0 Å². The van der Waals surface area contributed by atoms with E-state index in [0.29, 0.717) is 6.04 Å². The van der Waals surface area contributed by atoms with Gasteiger partial charge in [-0.2, -0.15) is 0 Å². The van der Waals surface area contributed by atoms with Crippen molar-refractivity contribution in [1.29, 1.82) is 0 Å². The van der Waals surface area contributed by atoms with Crippen molar-refractivity contribution in [3.8, 4) is 0 Å². The highest BCUT2D eigenvalue weighted by molar-refractivity contribution is 9.10. The van der Waals surface area contributed by atoms with Crippen molar-refractivity contribution >= 4 is 15.9 Å². The topological polar surface area (TPSA) is 32.3 Å². The normalized spacial score (nSPS) is 20.4. The van der Waals surface area contributed by atoms with Crippen molar-refractivity contribution in [2.45, 2.75) is 52.2 Å². The first-order valence-corrected chi connectivity index (χ1v) is 7.86. The molecule has 0 spiro atoms. The zero-order chi connectivity index (χ0) is 14.0. The molecular weight excluding hydrogens is 302 g/mol. The fourth-order valence-electron chi connectivity index (χ4n) is 3.07. The van der Waals surface area contributed by atoms with E-state index in [4.69, 9.17) is 0 Å². The van der Waals surface area contributed by atoms with Gasteiger partial charge in [0, 0.05) is 17.1 Å². The molecule has 0 radical (unpaired) electrons. The van der Waals surface area contributed by atoms with Gasteiger partial charge in [-0.1, -0.05) is 35.8 Å². The molecular formula is C16H24BrNO. The largest absolute Gasteiger partial charge is 0.393 e. The Kier molecular flexibility index (Phi) is 4.70. The van der Waals surface area contributed by atoms with Crippen LogP contribution < -0.4 is 5.32 Å². The first kappa shape index (κ1) is 15.0. The minimum Gasteiger partial charge on any atom is -0.393 e. The molecule has 2 atom stereocenters. The predicted molar refractivity (Wildman–Crippen MR) is 83.3 cm³/mol. The Balaban J connectivity index is 1.96. The Labute approximate surface area is 124 Å². The van der Waals surface area contributed by atoms with Crippen LogP contribution in [0.15, 0.2) is 22.7 Å². The van der Waals surface area contributed by atoms with Crippen LogP contribution in [0.5, 0.6) is 0 Å². The average Bonchev–Trinajstić information content (AvgIpc) is 2.67. The van der Waals surface area contributed by atoms with Gasteiger partial charge in [0.25, 0.3) is 0 Å². The van der Waals surface area contributed by atoms with Gasteiger partial charge in [0.15, 0.2) is 0 Å². The van der Waals surface area contributed by atoms with Crippen LogP contribution in [0.3, 0.4) is 0 Å². The molecule has 2 N–H and O–H groups in total. The van der Waals surface area contributed by atoms with Crippen molar-refractivity contribution < 1.29 is 5.11 Å². The van der Waals surface area contributed by atoms with E-state index in [1.54, 1.807) is 0 Å². The van der Waals surface area contributed by atoms with Crippen molar-refractivity contribution in [2.75, 3.05) is 6.54 Å². The molecule has 1 aromatic carbocycles. The van der Waals surface area contributed by atoms with Gasteiger partial charge in [0.05, 0.1) is 6.10 Å². The highest BCUT2D eigenvalue weighted by Gasteiger charge is 2.26. The molecule has 1 aliphatic carbocycles. The number of rotatable bonds is 5. The monoisotopic (exact) mass is 325 g/mol. The molecule has 3 heteroatoms. The molecule has 0 unspecified atom stereocenters. The molecule has 0 heterocycles. The van der Waals surface area contributed by atoms with E-state index in [1.807, 2.05) is 6.92 Å². The van der Waals surface area contributed by atoms with Gasteiger partial charge in [0.2, 0.25) is 0 Å². The molecule has 106 valence electrons. The Bertz CT molecular complexity index is 442. The van der Waals surface area contributed by atoms with E-state index in [2.05, 4.69) is 53.3 Å². The number of aryl methyl sites for hydroxylation is 1. The first-order valence-electron chi connectivity index (χ1n) is 7.07. The maximum Gasteiger partial charge on any atom is 0.0517 e. The summed E-state index contributed by atoms with van der Waals surface area (Å²) < 4.78 is 1.17. The molecule has 0 saturated heterocycles. The Morgan fingerprint density at radius 3 is 2.89 bits per heavy atom. The second-order valence-corrected chi connectivity index (χ2v) is 7.45. The summed E-state index contributed by atoms with van der Waals surface area (Å²) in [4.78, 5) is 0. The minimum absolute atomic E-state index is 0.131. The Hall–Kier alpha value is -0.380. The molecule has 0 bridgehead atoms. The Morgan fingerprint density at radius 2 is 2.21 bits per heavy atom. The van der Waals surface area contributed by atoms with Crippen LogP contribution in [-0.2, 0) is 6.42 Å². The summed E-state index contributed by atoms with van der Waals surface area (Å²) >= 11 is 3.53. The van der Waals surface area contributed by atoms with Crippen molar-refractivity contribution in [1.82, 2.24) is 5.32 Å². The predicted octanol–water partition coefficient (Wildman–Crippen LogP) is 3.82. The smallest absolute Gasteiger partial charge is 0.0517 e. The third-order valence-electron chi connectivity index (χ3n) is 3.86. The van der Waals surface area contributed by atoms with Gasteiger partial charge < -0.3 is 10.4 Å². The second-order valence-electron chi connectivity index (χ2n) is 6.53. The quantitative estimate of drug-likeness (QED) is 0.862. The zero-order valence-electron chi connectivity index (χ0n) is 12.0. The number of hydrogen-bond acceptors (Lipinski definition) is 2. The molecule has 0 saturated carbocycles.